The number of amides is 2. The van der Waals surface area contributed by atoms with E-state index >= 15 is 0 Å². The van der Waals surface area contributed by atoms with Gasteiger partial charge >= 0.3 is 0 Å². The molecule has 11 heteroatoms. The van der Waals surface area contributed by atoms with Crippen molar-refractivity contribution in [3.63, 3.8) is 0 Å². The molecule has 0 radical (unpaired) electrons. The van der Waals surface area contributed by atoms with E-state index in [1.165, 1.54) is 59.5 Å². The van der Waals surface area contributed by atoms with Crippen LogP contribution in [0.4, 0.5) is 10.1 Å². The third-order valence-corrected chi connectivity index (χ3v) is 8.97. The minimum absolute atomic E-state index is 0.102. The summed E-state index contributed by atoms with van der Waals surface area (Å²) in [6.07, 6.45) is 0.119. The van der Waals surface area contributed by atoms with E-state index in [2.05, 4.69) is 5.32 Å². The fourth-order valence-corrected chi connectivity index (χ4v) is 6.27. The molecule has 0 aliphatic heterocycles. The molecule has 43 heavy (non-hydrogen) atoms. The Morgan fingerprint density at radius 2 is 1.53 bits per heavy atom. The van der Waals surface area contributed by atoms with Crippen LogP contribution in [-0.2, 0) is 32.6 Å². The van der Waals surface area contributed by atoms with E-state index in [1.54, 1.807) is 25.1 Å². The highest BCUT2D eigenvalue weighted by Gasteiger charge is 2.35. The van der Waals surface area contributed by atoms with Gasteiger partial charge in [0.2, 0.25) is 11.8 Å². The smallest absolute Gasteiger partial charge is 0.264 e. The maximum Gasteiger partial charge on any atom is 0.264 e. The number of anilines is 1. The van der Waals surface area contributed by atoms with E-state index < -0.39 is 40.2 Å². The maximum atomic E-state index is 14.9. The molecular weight excluding hydrogens is 612 g/mol. The highest BCUT2D eigenvalue weighted by molar-refractivity contribution is 7.92. The number of nitrogens with zero attached hydrogens (tertiary/aromatic N) is 2. The number of sulfonamides is 1. The highest BCUT2D eigenvalue weighted by Crippen LogP contribution is 2.28. The van der Waals surface area contributed by atoms with E-state index in [-0.39, 0.29) is 34.1 Å². The lowest BCUT2D eigenvalue weighted by atomic mass is 10.0. The number of hydrogen-bond acceptors (Lipinski definition) is 4. The first-order valence-corrected chi connectivity index (χ1v) is 15.7. The van der Waals surface area contributed by atoms with Crippen LogP contribution in [-0.4, -0.2) is 44.3 Å². The van der Waals surface area contributed by atoms with Crippen molar-refractivity contribution in [1.82, 2.24) is 10.2 Å². The number of carbonyl (C=O) groups is 2. The van der Waals surface area contributed by atoms with Gasteiger partial charge in [-0.2, -0.15) is 0 Å². The van der Waals surface area contributed by atoms with Crippen LogP contribution in [0.5, 0.6) is 0 Å². The van der Waals surface area contributed by atoms with Crippen molar-refractivity contribution in [2.45, 2.75) is 30.8 Å². The molecule has 1 N–H and O–H groups in total. The highest BCUT2D eigenvalue weighted by atomic mass is 35.5. The number of likely N-dealkylation sites (N-methyl/N-ethyl adjacent to an activating group) is 1. The van der Waals surface area contributed by atoms with E-state index in [0.29, 0.717) is 11.6 Å². The summed E-state index contributed by atoms with van der Waals surface area (Å²) in [5, 5.41) is 3.36. The maximum absolute atomic E-state index is 14.9. The van der Waals surface area contributed by atoms with Crippen LogP contribution in [0.15, 0.2) is 108 Å². The first-order chi connectivity index (χ1) is 20.6. The van der Waals surface area contributed by atoms with Crippen molar-refractivity contribution in [3.05, 3.63) is 130 Å². The third kappa shape index (κ3) is 8.13. The second-order valence-electron chi connectivity index (χ2n) is 9.66. The van der Waals surface area contributed by atoms with Crippen molar-refractivity contribution in [3.8, 4) is 0 Å². The Labute approximate surface area is 260 Å². The molecule has 4 aromatic carbocycles. The van der Waals surface area contributed by atoms with Gasteiger partial charge in [-0.05, 0) is 61.0 Å². The minimum atomic E-state index is -4.32. The average Bonchev–Trinajstić information content (AvgIpc) is 2.99. The fraction of sp³-hybridized carbons (Fsp3) is 0.188. The molecule has 0 saturated heterocycles. The van der Waals surface area contributed by atoms with Gasteiger partial charge in [0.25, 0.3) is 10.0 Å². The largest absolute Gasteiger partial charge is 0.355 e. The van der Waals surface area contributed by atoms with Crippen LogP contribution in [0.1, 0.15) is 18.1 Å². The summed E-state index contributed by atoms with van der Waals surface area (Å²) in [5.41, 5.74) is 1.08. The van der Waals surface area contributed by atoms with Crippen molar-refractivity contribution < 1.29 is 22.4 Å². The van der Waals surface area contributed by atoms with E-state index in [1.807, 2.05) is 30.3 Å². The molecule has 0 unspecified atom stereocenters. The zero-order valence-corrected chi connectivity index (χ0v) is 25.6. The van der Waals surface area contributed by atoms with E-state index in [9.17, 15) is 22.4 Å². The average molecular weight is 643 g/mol. The zero-order chi connectivity index (χ0) is 31.0. The van der Waals surface area contributed by atoms with Crippen LogP contribution in [0.25, 0.3) is 0 Å². The molecule has 4 aromatic rings. The normalized spacial score (nSPS) is 11.9. The van der Waals surface area contributed by atoms with Gasteiger partial charge in [0.05, 0.1) is 10.6 Å². The predicted molar refractivity (Wildman–Crippen MR) is 167 cm³/mol. The number of hydrogen-bond donors (Lipinski definition) is 1. The van der Waals surface area contributed by atoms with Gasteiger partial charge < -0.3 is 10.2 Å². The predicted octanol–water partition coefficient (Wildman–Crippen LogP) is 6.10. The minimum Gasteiger partial charge on any atom is -0.355 e. The lowest BCUT2D eigenvalue weighted by Crippen LogP contribution is -2.53. The number of benzene rings is 4. The molecule has 0 aliphatic carbocycles. The molecule has 4 rings (SSSR count). The van der Waals surface area contributed by atoms with Crippen LogP contribution in [0.3, 0.4) is 0 Å². The van der Waals surface area contributed by atoms with Crippen LogP contribution < -0.4 is 9.62 Å². The van der Waals surface area contributed by atoms with Crippen molar-refractivity contribution >= 4 is 50.7 Å². The quantitative estimate of drug-likeness (QED) is 0.202. The fourth-order valence-electron chi connectivity index (χ4n) is 4.55. The summed E-state index contributed by atoms with van der Waals surface area (Å²) in [5.74, 6) is -1.73. The monoisotopic (exact) mass is 641 g/mol. The third-order valence-electron chi connectivity index (χ3n) is 6.70. The molecule has 0 fully saturated rings. The van der Waals surface area contributed by atoms with Gasteiger partial charge in [-0.3, -0.25) is 13.9 Å². The van der Waals surface area contributed by atoms with Gasteiger partial charge in [0.15, 0.2) is 0 Å². The summed E-state index contributed by atoms with van der Waals surface area (Å²) >= 11 is 12.2. The van der Waals surface area contributed by atoms with E-state index in [4.69, 9.17) is 23.2 Å². The van der Waals surface area contributed by atoms with Crippen molar-refractivity contribution in [2.24, 2.45) is 0 Å². The van der Waals surface area contributed by atoms with Gasteiger partial charge in [0, 0.05) is 35.1 Å². The molecule has 2 amide bonds. The Bertz CT molecular complexity index is 1670. The lowest BCUT2D eigenvalue weighted by Gasteiger charge is -2.34. The summed E-state index contributed by atoms with van der Waals surface area (Å²) in [6, 6.07) is 25.6. The van der Waals surface area contributed by atoms with Crippen LogP contribution >= 0.6 is 23.2 Å². The Kier molecular flexibility index (Phi) is 10.8. The van der Waals surface area contributed by atoms with Gasteiger partial charge in [-0.1, -0.05) is 77.8 Å². The van der Waals surface area contributed by atoms with Crippen molar-refractivity contribution in [2.75, 3.05) is 17.4 Å². The van der Waals surface area contributed by atoms with Gasteiger partial charge in [0.1, 0.15) is 18.4 Å². The summed E-state index contributed by atoms with van der Waals surface area (Å²) in [4.78, 5) is 28.8. The Morgan fingerprint density at radius 1 is 0.860 bits per heavy atom. The molecule has 0 bridgehead atoms. The molecule has 1 atom stereocenters. The van der Waals surface area contributed by atoms with Crippen LogP contribution in [0, 0.1) is 5.82 Å². The summed E-state index contributed by atoms with van der Waals surface area (Å²) < 4.78 is 43.7. The van der Waals surface area contributed by atoms with Crippen LogP contribution in [0.2, 0.25) is 10.0 Å². The molecule has 0 aromatic heterocycles. The number of carbonyl (C=O) groups excluding carboxylic acids is 2. The molecule has 0 heterocycles. The molecule has 7 nitrogen and oxygen atoms in total. The van der Waals surface area contributed by atoms with Gasteiger partial charge in [-0.25, -0.2) is 12.8 Å². The Hall–Kier alpha value is -3.92. The standard InChI is InChI=1S/C32H30Cl2FN3O4S/c1-2-36-32(40)30(19-23-9-4-3-5-10-23)37(21-24-11-6-7-14-29(24)35)31(39)22-38(27-13-8-12-26(34)20-27)43(41,42)28-17-15-25(33)16-18-28/h3-18,20,30H,2,19,21-22H2,1H3,(H,36,40)/t30-/m1/s1. The number of halogens is 3. The number of rotatable bonds is 12. The van der Waals surface area contributed by atoms with E-state index in [0.717, 1.165) is 9.87 Å². The zero-order valence-electron chi connectivity index (χ0n) is 23.3. The number of nitrogens with one attached hydrogen (secondary N) is 1. The second-order valence-corrected chi connectivity index (χ2v) is 12.4. The summed E-state index contributed by atoms with van der Waals surface area (Å²) in [7, 11) is -4.32. The molecule has 224 valence electrons. The first kappa shape index (κ1) is 32.0. The Morgan fingerprint density at radius 3 is 2.19 bits per heavy atom. The molecular formula is C32H30Cl2FN3O4S. The molecule has 0 saturated carbocycles. The first-order valence-electron chi connectivity index (χ1n) is 13.5. The SMILES string of the molecule is CCNC(=O)[C@@H](Cc1ccccc1)N(Cc1ccccc1F)C(=O)CN(c1cccc(Cl)c1)S(=O)(=O)c1ccc(Cl)cc1. The second kappa shape index (κ2) is 14.5. The lowest BCUT2D eigenvalue weighted by molar-refractivity contribution is -0.140. The van der Waals surface area contributed by atoms with Crippen molar-refractivity contribution in [1.29, 1.82) is 0 Å². The summed E-state index contributed by atoms with van der Waals surface area (Å²) in [6.45, 7) is 1.08. The topological polar surface area (TPSA) is 86.8 Å². The molecule has 0 spiro atoms. The Balaban J connectivity index is 1.80. The molecule has 0 aliphatic rings. The van der Waals surface area contributed by atoms with Gasteiger partial charge in [-0.15, -0.1) is 0 Å².